The zero-order chi connectivity index (χ0) is 16.0. The van der Waals surface area contributed by atoms with E-state index in [0.717, 1.165) is 22.4 Å². The second-order valence-corrected chi connectivity index (χ2v) is 5.61. The Labute approximate surface area is 132 Å². The number of aryl methyl sites for hydroxylation is 1. The van der Waals surface area contributed by atoms with E-state index in [4.69, 9.17) is 9.47 Å². The molecule has 2 aromatic rings. The minimum atomic E-state index is -1.23. The van der Waals surface area contributed by atoms with Crippen LogP contribution >= 0.6 is 8.46 Å². The van der Waals surface area contributed by atoms with E-state index in [0.29, 0.717) is 13.2 Å². The van der Waals surface area contributed by atoms with Gasteiger partial charge in [0, 0.05) is 30.5 Å². The van der Waals surface area contributed by atoms with Gasteiger partial charge >= 0.3 is 0 Å². The summed E-state index contributed by atoms with van der Waals surface area (Å²) in [4.78, 5) is 4.37. The van der Waals surface area contributed by atoms with E-state index >= 15 is 0 Å². The molecular formula is C17H20NO3P. The number of ether oxygens (including phenoxy) is 2. The van der Waals surface area contributed by atoms with Crippen LogP contribution < -0.4 is 0 Å². The minimum absolute atomic E-state index is 0.212. The van der Waals surface area contributed by atoms with Crippen LogP contribution in [0.2, 0.25) is 0 Å². The SMILES string of the molecule is CCOC(OCC)(P=O)c1ccc(-c2cc(C)ccn2)cc1. The summed E-state index contributed by atoms with van der Waals surface area (Å²) in [5, 5.41) is 0. The summed E-state index contributed by atoms with van der Waals surface area (Å²) in [6.07, 6.45) is 1.79. The van der Waals surface area contributed by atoms with E-state index in [1.54, 1.807) is 6.20 Å². The summed E-state index contributed by atoms with van der Waals surface area (Å²) in [7, 11) is -0.212. The molecule has 0 fully saturated rings. The zero-order valence-corrected chi connectivity index (χ0v) is 14.0. The first kappa shape index (κ1) is 16.8. The molecule has 1 heterocycles. The van der Waals surface area contributed by atoms with Gasteiger partial charge in [-0.15, -0.1) is 0 Å². The maximum Gasteiger partial charge on any atom is 0.278 e. The van der Waals surface area contributed by atoms with Crippen molar-refractivity contribution in [3.05, 3.63) is 53.7 Å². The summed E-state index contributed by atoms with van der Waals surface area (Å²) >= 11 is 0. The summed E-state index contributed by atoms with van der Waals surface area (Å²) in [5.41, 5.74) is 2.55. The molecule has 116 valence electrons. The van der Waals surface area contributed by atoms with Crippen molar-refractivity contribution in [2.45, 2.75) is 26.3 Å². The van der Waals surface area contributed by atoms with Crippen LogP contribution in [0.1, 0.15) is 25.0 Å². The minimum Gasteiger partial charge on any atom is -0.337 e. The third-order valence-corrected chi connectivity index (χ3v) is 4.02. The molecule has 0 saturated carbocycles. The molecule has 1 aromatic heterocycles. The van der Waals surface area contributed by atoms with Crippen molar-refractivity contribution in [3.8, 4) is 11.3 Å². The van der Waals surface area contributed by atoms with E-state index in [2.05, 4.69) is 4.98 Å². The summed E-state index contributed by atoms with van der Waals surface area (Å²) in [5.74, 6) is 0. The predicted molar refractivity (Wildman–Crippen MR) is 86.9 cm³/mol. The molecule has 1 aromatic carbocycles. The van der Waals surface area contributed by atoms with Crippen molar-refractivity contribution in [1.29, 1.82) is 0 Å². The number of benzene rings is 1. The number of hydrogen-bond acceptors (Lipinski definition) is 4. The van der Waals surface area contributed by atoms with Crippen LogP contribution in [0.25, 0.3) is 11.3 Å². The Morgan fingerprint density at radius 1 is 1.09 bits per heavy atom. The monoisotopic (exact) mass is 317 g/mol. The van der Waals surface area contributed by atoms with Crippen molar-refractivity contribution >= 4 is 8.46 Å². The average molecular weight is 317 g/mol. The van der Waals surface area contributed by atoms with E-state index in [-0.39, 0.29) is 8.46 Å². The number of pyridine rings is 1. The van der Waals surface area contributed by atoms with Gasteiger partial charge in [-0.3, -0.25) is 9.55 Å². The molecule has 0 radical (unpaired) electrons. The molecule has 0 amide bonds. The Hall–Kier alpha value is -1.61. The van der Waals surface area contributed by atoms with E-state index < -0.39 is 5.53 Å². The molecule has 0 aliphatic heterocycles. The van der Waals surface area contributed by atoms with Gasteiger partial charge in [-0.05, 0) is 38.5 Å². The first-order valence-corrected chi connectivity index (χ1v) is 8.12. The molecule has 0 saturated heterocycles. The predicted octanol–water partition coefficient (Wildman–Crippen LogP) is 4.53. The van der Waals surface area contributed by atoms with Crippen LogP contribution in [0.15, 0.2) is 42.6 Å². The van der Waals surface area contributed by atoms with Crippen LogP contribution in [-0.2, 0) is 19.6 Å². The number of hydrogen-bond donors (Lipinski definition) is 0. The first-order valence-electron chi connectivity index (χ1n) is 7.31. The highest BCUT2D eigenvalue weighted by Crippen LogP contribution is 2.38. The first-order chi connectivity index (χ1) is 10.6. The molecule has 0 atom stereocenters. The Bertz CT molecular complexity index is 622. The van der Waals surface area contributed by atoms with E-state index in [1.807, 2.05) is 57.2 Å². The number of aromatic nitrogens is 1. The molecule has 4 nitrogen and oxygen atoms in total. The van der Waals surface area contributed by atoms with Crippen LogP contribution in [0.4, 0.5) is 0 Å². The van der Waals surface area contributed by atoms with E-state index in [1.165, 1.54) is 0 Å². The van der Waals surface area contributed by atoms with Gasteiger partial charge in [0.25, 0.3) is 5.53 Å². The number of nitrogens with zero attached hydrogens (tertiary/aromatic N) is 1. The van der Waals surface area contributed by atoms with Crippen molar-refractivity contribution in [2.75, 3.05) is 13.2 Å². The quantitative estimate of drug-likeness (QED) is 0.556. The van der Waals surface area contributed by atoms with Crippen molar-refractivity contribution in [3.63, 3.8) is 0 Å². The largest absolute Gasteiger partial charge is 0.337 e. The van der Waals surface area contributed by atoms with Gasteiger partial charge in [0.1, 0.15) is 0 Å². The van der Waals surface area contributed by atoms with Gasteiger partial charge in [-0.25, -0.2) is 0 Å². The van der Waals surface area contributed by atoms with Gasteiger partial charge < -0.3 is 9.47 Å². The van der Waals surface area contributed by atoms with Crippen LogP contribution in [0.3, 0.4) is 0 Å². The normalized spacial score (nSPS) is 11.8. The van der Waals surface area contributed by atoms with Gasteiger partial charge in [0.05, 0.1) is 5.69 Å². The second-order valence-electron chi connectivity index (χ2n) is 4.83. The lowest BCUT2D eigenvalue weighted by molar-refractivity contribution is -0.176. The lowest BCUT2D eigenvalue weighted by atomic mass is 10.1. The molecule has 0 unspecified atom stereocenters. The standard InChI is InChI=1S/C17H20NO3P/c1-4-20-17(22-19,21-5-2)15-8-6-14(7-9-15)16-12-13(3)10-11-18-16/h6-12H,4-5H2,1-3H3. The highest BCUT2D eigenvalue weighted by Gasteiger charge is 2.35. The average Bonchev–Trinajstić information content (AvgIpc) is 2.55. The van der Waals surface area contributed by atoms with Crippen molar-refractivity contribution < 1.29 is 14.0 Å². The fourth-order valence-corrected chi connectivity index (χ4v) is 2.87. The molecule has 0 N–H and O–H groups in total. The molecule has 0 spiro atoms. The van der Waals surface area contributed by atoms with Gasteiger partial charge in [-0.2, -0.15) is 0 Å². The Morgan fingerprint density at radius 3 is 2.23 bits per heavy atom. The van der Waals surface area contributed by atoms with Gasteiger partial charge in [-0.1, -0.05) is 24.3 Å². The maximum absolute atomic E-state index is 11.6. The summed E-state index contributed by atoms with van der Waals surface area (Å²) < 4.78 is 22.9. The second kappa shape index (κ2) is 7.59. The zero-order valence-electron chi connectivity index (χ0n) is 13.1. The topological polar surface area (TPSA) is 48.4 Å². The fourth-order valence-electron chi connectivity index (χ4n) is 2.25. The maximum atomic E-state index is 11.6. The Balaban J connectivity index is 2.35. The number of rotatable bonds is 7. The molecule has 5 heteroatoms. The third kappa shape index (κ3) is 3.58. The summed E-state index contributed by atoms with van der Waals surface area (Å²) in [6, 6.07) is 11.6. The van der Waals surface area contributed by atoms with E-state index in [9.17, 15) is 4.57 Å². The highest BCUT2D eigenvalue weighted by atomic mass is 31.1. The molecule has 0 bridgehead atoms. The Kier molecular flexibility index (Phi) is 5.78. The Morgan fingerprint density at radius 2 is 1.73 bits per heavy atom. The van der Waals surface area contributed by atoms with Crippen molar-refractivity contribution in [1.82, 2.24) is 4.98 Å². The van der Waals surface area contributed by atoms with Gasteiger partial charge in [0.2, 0.25) is 8.46 Å². The molecule has 0 aliphatic carbocycles. The lowest BCUT2D eigenvalue weighted by Gasteiger charge is -2.26. The molecule has 22 heavy (non-hydrogen) atoms. The van der Waals surface area contributed by atoms with Gasteiger partial charge in [0.15, 0.2) is 0 Å². The van der Waals surface area contributed by atoms with Crippen LogP contribution in [0.5, 0.6) is 0 Å². The summed E-state index contributed by atoms with van der Waals surface area (Å²) in [6.45, 7) is 6.56. The molecular weight excluding hydrogens is 297 g/mol. The third-order valence-electron chi connectivity index (χ3n) is 3.26. The van der Waals surface area contributed by atoms with Crippen LogP contribution in [-0.4, -0.2) is 18.2 Å². The van der Waals surface area contributed by atoms with Crippen LogP contribution in [0, 0.1) is 6.92 Å². The lowest BCUT2D eigenvalue weighted by Crippen LogP contribution is -2.27. The molecule has 0 aliphatic rings. The van der Waals surface area contributed by atoms with Crippen molar-refractivity contribution in [2.24, 2.45) is 0 Å². The fraction of sp³-hybridized carbons (Fsp3) is 0.353. The smallest absolute Gasteiger partial charge is 0.278 e. The highest BCUT2D eigenvalue weighted by molar-refractivity contribution is 7.24. The molecule has 2 rings (SSSR count).